The largest absolute Gasteiger partial charge is 0.494 e. The summed E-state index contributed by atoms with van der Waals surface area (Å²) in [5, 5.41) is 1.52. The van der Waals surface area contributed by atoms with Gasteiger partial charge in [-0.15, -0.1) is 0 Å². The van der Waals surface area contributed by atoms with E-state index >= 15 is 0 Å². The summed E-state index contributed by atoms with van der Waals surface area (Å²) in [6.45, 7) is 5.31. The summed E-state index contributed by atoms with van der Waals surface area (Å²) >= 11 is 7.86. The Labute approximate surface area is 120 Å². The summed E-state index contributed by atoms with van der Waals surface area (Å²) < 4.78 is 5.64. The Morgan fingerprint density at radius 1 is 1.06 bits per heavy atom. The van der Waals surface area contributed by atoms with Gasteiger partial charge in [0.1, 0.15) is 5.75 Å². The van der Waals surface area contributed by atoms with Gasteiger partial charge in [0.25, 0.3) is 0 Å². The fraction of sp³-hybridized carbons (Fsp3) is 0.600. The zero-order valence-corrected chi connectivity index (χ0v) is 12.9. The van der Waals surface area contributed by atoms with E-state index in [0.29, 0.717) is 0 Å². The topological polar surface area (TPSA) is 9.23 Å². The molecule has 102 valence electrons. The lowest BCUT2D eigenvalue weighted by Gasteiger charge is -2.06. The number of halogens is 1. The summed E-state index contributed by atoms with van der Waals surface area (Å²) in [6.07, 6.45) is 5.02. The first-order chi connectivity index (χ1) is 8.68. The lowest BCUT2D eigenvalue weighted by atomic mass is 10.2. The number of unbranched alkanes of at least 4 members (excludes halogenated alkanes) is 3. The summed E-state index contributed by atoms with van der Waals surface area (Å²) in [5.74, 6) is 2.20. The Balaban J connectivity index is 1.94. The maximum absolute atomic E-state index is 5.81. The number of hydrogen-bond acceptors (Lipinski definition) is 2. The van der Waals surface area contributed by atoms with Gasteiger partial charge in [-0.25, -0.2) is 0 Å². The zero-order valence-electron chi connectivity index (χ0n) is 11.3. The molecular weight excluding hydrogens is 264 g/mol. The molecule has 0 radical (unpaired) electrons. The second kappa shape index (κ2) is 9.57. The van der Waals surface area contributed by atoms with Crippen LogP contribution >= 0.6 is 23.4 Å². The van der Waals surface area contributed by atoms with Crippen LogP contribution in [0, 0.1) is 0 Å². The van der Waals surface area contributed by atoms with Crippen molar-refractivity contribution >= 4 is 23.4 Å². The third-order valence-corrected chi connectivity index (χ3v) is 4.02. The minimum absolute atomic E-state index is 0.755. The van der Waals surface area contributed by atoms with E-state index in [0.717, 1.165) is 29.0 Å². The predicted octanol–water partition coefficient (Wildman–Crippen LogP) is 5.42. The summed E-state index contributed by atoms with van der Waals surface area (Å²) in [7, 11) is 0. The van der Waals surface area contributed by atoms with Gasteiger partial charge in [0.15, 0.2) is 0 Å². The van der Waals surface area contributed by atoms with Crippen molar-refractivity contribution < 1.29 is 4.74 Å². The molecule has 0 N–H and O–H groups in total. The molecule has 1 rings (SSSR count). The quantitative estimate of drug-likeness (QED) is 0.561. The normalized spacial score (nSPS) is 10.9. The summed E-state index contributed by atoms with van der Waals surface area (Å²) in [6, 6.07) is 7.56. The van der Waals surface area contributed by atoms with Gasteiger partial charge in [-0.3, -0.25) is 0 Å². The van der Waals surface area contributed by atoms with E-state index in [9.17, 15) is 0 Å². The maximum Gasteiger partial charge on any atom is 0.119 e. The van der Waals surface area contributed by atoms with Crippen LogP contribution in [-0.4, -0.2) is 17.6 Å². The molecule has 1 aromatic rings. The van der Waals surface area contributed by atoms with Crippen molar-refractivity contribution in [3.05, 3.63) is 29.3 Å². The van der Waals surface area contributed by atoms with Crippen LogP contribution < -0.4 is 4.74 Å². The molecular formula is C15H23ClOS. The number of hydrogen-bond donors (Lipinski definition) is 0. The second-order valence-corrected chi connectivity index (χ2v) is 6.76. The van der Waals surface area contributed by atoms with Crippen LogP contribution in [0.3, 0.4) is 0 Å². The van der Waals surface area contributed by atoms with E-state index in [4.69, 9.17) is 16.3 Å². The molecule has 0 bridgehead atoms. The highest BCUT2D eigenvalue weighted by atomic mass is 35.5. The van der Waals surface area contributed by atoms with E-state index in [-0.39, 0.29) is 0 Å². The van der Waals surface area contributed by atoms with Crippen molar-refractivity contribution in [2.24, 2.45) is 0 Å². The Bertz CT molecular complexity index is 311. The molecule has 0 aromatic heterocycles. The molecule has 0 saturated heterocycles. The van der Waals surface area contributed by atoms with Crippen molar-refractivity contribution in [1.82, 2.24) is 0 Å². The monoisotopic (exact) mass is 286 g/mol. The van der Waals surface area contributed by atoms with E-state index in [1.807, 2.05) is 36.0 Å². The first-order valence-electron chi connectivity index (χ1n) is 6.68. The van der Waals surface area contributed by atoms with Gasteiger partial charge in [-0.1, -0.05) is 38.3 Å². The van der Waals surface area contributed by atoms with E-state index in [2.05, 4.69) is 13.8 Å². The third kappa shape index (κ3) is 7.88. The van der Waals surface area contributed by atoms with Gasteiger partial charge in [-0.05, 0) is 48.1 Å². The Hall–Kier alpha value is -0.340. The predicted molar refractivity (Wildman–Crippen MR) is 83.0 cm³/mol. The Morgan fingerprint density at radius 2 is 1.72 bits per heavy atom. The molecule has 0 aliphatic rings. The van der Waals surface area contributed by atoms with Gasteiger partial charge >= 0.3 is 0 Å². The highest BCUT2D eigenvalue weighted by molar-refractivity contribution is 7.99. The molecule has 1 aromatic carbocycles. The fourth-order valence-electron chi connectivity index (χ4n) is 1.60. The molecule has 0 spiro atoms. The Kier molecular flexibility index (Phi) is 8.36. The maximum atomic E-state index is 5.81. The van der Waals surface area contributed by atoms with Crippen LogP contribution in [0.25, 0.3) is 0 Å². The molecule has 18 heavy (non-hydrogen) atoms. The Morgan fingerprint density at radius 3 is 2.39 bits per heavy atom. The molecule has 0 atom stereocenters. The molecule has 0 aliphatic carbocycles. The van der Waals surface area contributed by atoms with Crippen molar-refractivity contribution in [1.29, 1.82) is 0 Å². The smallest absolute Gasteiger partial charge is 0.119 e. The number of benzene rings is 1. The SMILES string of the molecule is CC(C)SCCCCCCOc1ccc(Cl)cc1. The zero-order chi connectivity index (χ0) is 13.2. The van der Waals surface area contributed by atoms with Gasteiger partial charge in [0, 0.05) is 5.02 Å². The standard InChI is InChI=1S/C15H23ClOS/c1-13(2)18-12-6-4-3-5-11-17-15-9-7-14(16)8-10-15/h7-10,13H,3-6,11-12H2,1-2H3. The van der Waals surface area contributed by atoms with Gasteiger partial charge in [0.05, 0.1) is 6.61 Å². The lowest BCUT2D eigenvalue weighted by molar-refractivity contribution is 0.305. The minimum atomic E-state index is 0.755. The average molecular weight is 287 g/mol. The molecule has 3 heteroatoms. The van der Waals surface area contributed by atoms with Gasteiger partial charge < -0.3 is 4.74 Å². The molecule has 0 aliphatic heterocycles. The number of thioether (sulfide) groups is 1. The first-order valence-corrected chi connectivity index (χ1v) is 8.11. The van der Waals surface area contributed by atoms with Crippen LogP contribution in [0.5, 0.6) is 5.75 Å². The molecule has 0 heterocycles. The summed E-state index contributed by atoms with van der Waals surface area (Å²) in [4.78, 5) is 0. The molecule has 0 amide bonds. The average Bonchev–Trinajstić information content (AvgIpc) is 2.34. The number of rotatable bonds is 9. The fourth-order valence-corrected chi connectivity index (χ4v) is 2.57. The molecule has 0 saturated carbocycles. The van der Waals surface area contributed by atoms with E-state index in [1.165, 1.54) is 25.0 Å². The van der Waals surface area contributed by atoms with Gasteiger partial charge in [0.2, 0.25) is 0 Å². The summed E-state index contributed by atoms with van der Waals surface area (Å²) in [5.41, 5.74) is 0. The van der Waals surface area contributed by atoms with E-state index < -0.39 is 0 Å². The number of ether oxygens (including phenoxy) is 1. The molecule has 1 nitrogen and oxygen atoms in total. The van der Waals surface area contributed by atoms with Crippen molar-refractivity contribution in [2.45, 2.75) is 44.8 Å². The highest BCUT2D eigenvalue weighted by Gasteiger charge is 1.96. The van der Waals surface area contributed by atoms with Crippen LogP contribution in [-0.2, 0) is 0 Å². The molecule has 0 unspecified atom stereocenters. The van der Waals surface area contributed by atoms with Crippen molar-refractivity contribution in [3.63, 3.8) is 0 Å². The molecule has 0 fully saturated rings. The van der Waals surface area contributed by atoms with Crippen LogP contribution in [0.2, 0.25) is 5.02 Å². The van der Waals surface area contributed by atoms with Crippen LogP contribution in [0.1, 0.15) is 39.5 Å². The van der Waals surface area contributed by atoms with Crippen LogP contribution in [0.15, 0.2) is 24.3 Å². The highest BCUT2D eigenvalue weighted by Crippen LogP contribution is 2.16. The first kappa shape index (κ1) is 15.7. The second-order valence-electron chi connectivity index (χ2n) is 4.64. The third-order valence-electron chi connectivity index (χ3n) is 2.57. The van der Waals surface area contributed by atoms with Gasteiger partial charge in [-0.2, -0.15) is 11.8 Å². The van der Waals surface area contributed by atoms with Crippen molar-refractivity contribution in [2.75, 3.05) is 12.4 Å². The van der Waals surface area contributed by atoms with Crippen molar-refractivity contribution in [3.8, 4) is 5.75 Å². The minimum Gasteiger partial charge on any atom is -0.494 e. The van der Waals surface area contributed by atoms with E-state index in [1.54, 1.807) is 0 Å². The van der Waals surface area contributed by atoms with Crippen LogP contribution in [0.4, 0.5) is 0 Å². The lowest BCUT2D eigenvalue weighted by Crippen LogP contribution is -1.97.